The Morgan fingerprint density at radius 2 is 1.81 bits per heavy atom. The second-order valence-corrected chi connectivity index (χ2v) is 7.45. The second kappa shape index (κ2) is 9.52. The molecule has 31 heavy (non-hydrogen) atoms. The summed E-state index contributed by atoms with van der Waals surface area (Å²) in [6.45, 7) is 0.287. The summed E-state index contributed by atoms with van der Waals surface area (Å²) >= 11 is -2.05. The zero-order valence-corrected chi connectivity index (χ0v) is 17.5. The van der Waals surface area contributed by atoms with Gasteiger partial charge in [0, 0.05) is 49.4 Å². The third-order valence-corrected chi connectivity index (χ3v) is 4.96. The molecule has 0 aliphatic carbocycles. The van der Waals surface area contributed by atoms with Crippen LogP contribution < -0.4 is 10.0 Å². The van der Waals surface area contributed by atoms with Gasteiger partial charge >= 0.3 is 0 Å². The quantitative estimate of drug-likeness (QED) is 0.383. The molecule has 3 aromatic heterocycles. The molecule has 3 heterocycles. The van der Waals surface area contributed by atoms with Crippen LogP contribution in [0.1, 0.15) is 5.56 Å². The van der Waals surface area contributed by atoms with Crippen LogP contribution in [0.4, 0.5) is 5.82 Å². The van der Waals surface area contributed by atoms with Crippen LogP contribution in [0.5, 0.6) is 0 Å². The molecule has 0 spiro atoms. The summed E-state index contributed by atoms with van der Waals surface area (Å²) < 4.78 is 22.3. The van der Waals surface area contributed by atoms with E-state index in [9.17, 15) is 4.21 Å². The highest BCUT2D eigenvalue weighted by molar-refractivity contribution is 7.77. The smallest absolute Gasteiger partial charge is 0.232 e. The van der Waals surface area contributed by atoms with Gasteiger partial charge in [-0.25, -0.2) is 18.9 Å². The van der Waals surface area contributed by atoms with Crippen LogP contribution in [-0.4, -0.2) is 35.7 Å². The molecule has 4 rings (SSSR count). The number of hydrogen-bond donors (Lipinski definition) is 3. The molecule has 1 unspecified atom stereocenters. The minimum Gasteiger partial charge on any atom is -0.373 e. The SMILES string of the molecule is CNc1cc(-c2cncc(-c3cccc(CNS(=O)O)c3)c2)nc(-c2ccccn2)n1. The van der Waals surface area contributed by atoms with Crippen LogP contribution in [0.3, 0.4) is 0 Å². The Morgan fingerprint density at radius 3 is 2.58 bits per heavy atom. The lowest BCUT2D eigenvalue weighted by Crippen LogP contribution is -2.15. The standard InChI is InChI=1S/C22H20N6O2S/c1-23-21-11-20(27-22(28-21)19-7-2-3-8-25-19)18-10-17(13-24-14-18)16-6-4-5-15(9-16)12-26-31(29)30/h2-11,13-14,26H,12H2,1H3,(H,29,30)(H,23,27,28). The Morgan fingerprint density at radius 1 is 0.935 bits per heavy atom. The van der Waals surface area contributed by atoms with Gasteiger partial charge in [-0.2, -0.15) is 0 Å². The topological polar surface area (TPSA) is 113 Å². The average molecular weight is 433 g/mol. The van der Waals surface area contributed by atoms with Crippen molar-refractivity contribution in [2.45, 2.75) is 6.54 Å². The molecule has 0 radical (unpaired) electrons. The number of nitrogens with zero attached hydrogens (tertiary/aromatic N) is 4. The summed E-state index contributed by atoms with van der Waals surface area (Å²) in [5.74, 6) is 1.21. The predicted molar refractivity (Wildman–Crippen MR) is 121 cm³/mol. The van der Waals surface area contributed by atoms with Crippen molar-refractivity contribution in [2.24, 2.45) is 0 Å². The second-order valence-electron chi connectivity index (χ2n) is 6.66. The Kier molecular flexibility index (Phi) is 6.37. The van der Waals surface area contributed by atoms with E-state index in [1.165, 1.54) is 0 Å². The van der Waals surface area contributed by atoms with Gasteiger partial charge in [-0.15, -0.1) is 0 Å². The fourth-order valence-corrected chi connectivity index (χ4v) is 3.37. The van der Waals surface area contributed by atoms with E-state index in [-0.39, 0.29) is 6.54 Å². The number of pyridine rings is 2. The maximum atomic E-state index is 10.9. The third-order valence-electron chi connectivity index (χ3n) is 4.57. The van der Waals surface area contributed by atoms with E-state index >= 15 is 0 Å². The van der Waals surface area contributed by atoms with Gasteiger partial charge in [0.2, 0.25) is 11.3 Å². The van der Waals surface area contributed by atoms with E-state index in [0.29, 0.717) is 17.3 Å². The van der Waals surface area contributed by atoms with Crippen molar-refractivity contribution < 1.29 is 8.76 Å². The number of aromatic nitrogens is 4. The fourth-order valence-electron chi connectivity index (χ4n) is 3.08. The number of rotatable bonds is 7. The largest absolute Gasteiger partial charge is 0.373 e. The van der Waals surface area contributed by atoms with Gasteiger partial charge < -0.3 is 5.32 Å². The Balaban J connectivity index is 1.71. The van der Waals surface area contributed by atoms with Gasteiger partial charge in [-0.1, -0.05) is 24.3 Å². The summed E-state index contributed by atoms with van der Waals surface area (Å²) in [6.07, 6.45) is 5.24. The van der Waals surface area contributed by atoms with E-state index in [1.54, 1.807) is 18.6 Å². The van der Waals surface area contributed by atoms with Crippen LogP contribution >= 0.6 is 0 Å². The van der Waals surface area contributed by atoms with E-state index in [2.05, 4.69) is 25.0 Å². The van der Waals surface area contributed by atoms with Crippen molar-refractivity contribution in [2.75, 3.05) is 12.4 Å². The minimum atomic E-state index is -2.05. The first-order chi connectivity index (χ1) is 15.1. The van der Waals surface area contributed by atoms with Gasteiger partial charge in [-0.05, 0) is 35.4 Å². The van der Waals surface area contributed by atoms with Gasteiger partial charge in [-0.3, -0.25) is 14.5 Å². The number of benzene rings is 1. The number of nitrogens with one attached hydrogen (secondary N) is 2. The van der Waals surface area contributed by atoms with E-state index in [4.69, 9.17) is 9.54 Å². The number of hydrogen-bond acceptors (Lipinski definition) is 6. The lowest BCUT2D eigenvalue weighted by molar-refractivity contribution is 0.548. The molecule has 0 fully saturated rings. The van der Waals surface area contributed by atoms with Crippen LogP contribution in [0, 0.1) is 0 Å². The lowest BCUT2D eigenvalue weighted by Gasteiger charge is -2.10. The molecule has 1 aromatic carbocycles. The highest BCUT2D eigenvalue weighted by atomic mass is 32.2. The van der Waals surface area contributed by atoms with Gasteiger partial charge in [0.25, 0.3) is 0 Å². The molecule has 156 valence electrons. The Hall–Kier alpha value is -3.53. The van der Waals surface area contributed by atoms with Crippen LogP contribution in [0.15, 0.2) is 73.2 Å². The number of anilines is 1. The van der Waals surface area contributed by atoms with Gasteiger partial charge in [0.15, 0.2) is 5.82 Å². The molecule has 0 aliphatic heterocycles. The average Bonchev–Trinajstić information content (AvgIpc) is 2.83. The monoisotopic (exact) mass is 432 g/mol. The summed E-state index contributed by atoms with van der Waals surface area (Å²) in [6, 6.07) is 17.2. The lowest BCUT2D eigenvalue weighted by atomic mass is 10.0. The summed E-state index contributed by atoms with van der Waals surface area (Å²) in [5.41, 5.74) is 5.00. The molecule has 8 nitrogen and oxygen atoms in total. The molecular weight excluding hydrogens is 412 g/mol. The van der Waals surface area contributed by atoms with Crippen molar-refractivity contribution in [3.63, 3.8) is 0 Å². The molecule has 0 saturated heterocycles. The third kappa shape index (κ3) is 5.15. The molecule has 0 amide bonds. The summed E-state index contributed by atoms with van der Waals surface area (Å²) in [7, 11) is 1.81. The predicted octanol–water partition coefficient (Wildman–Crippen LogP) is 3.54. The van der Waals surface area contributed by atoms with Crippen LogP contribution in [-0.2, 0) is 17.8 Å². The van der Waals surface area contributed by atoms with E-state index < -0.39 is 11.3 Å². The fraction of sp³-hybridized carbons (Fsp3) is 0.0909. The molecule has 0 aliphatic rings. The van der Waals surface area contributed by atoms with E-state index in [0.717, 1.165) is 27.9 Å². The first kappa shape index (κ1) is 20.7. The molecule has 9 heteroatoms. The maximum Gasteiger partial charge on any atom is 0.232 e. The summed E-state index contributed by atoms with van der Waals surface area (Å²) in [5, 5.41) is 3.07. The van der Waals surface area contributed by atoms with Crippen molar-refractivity contribution in [1.82, 2.24) is 24.7 Å². The van der Waals surface area contributed by atoms with Crippen molar-refractivity contribution in [1.29, 1.82) is 0 Å². The van der Waals surface area contributed by atoms with Crippen LogP contribution in [0.2, 0.25) is 0 Å². The van der Waals surface area contributed by atoms with E-state index in [1.807, 2.05) is 61.6 Å². The molecular formula is C22H20N6O2S. The minimum absolute atomic E-state index is 0.287. The molecule has 4 aromatic rings. The summed E-state index contributed by atoms with van der Waals surface area (Å²) in [4.78, 5) is 18.0. The van der Waals surface area contributed by atoms with Crippen LogP contribution in [0.25, 0.3) is 33.9 Å². The highest BCUT2D eigenvalue weighted by Gasteiger charge is 2.11. The molecule has 0 saturated carbocycles. The van der Waals surface area contributed by atoms with Crippen molar-refractivity contribution in [3.05, 3.63) is 78.8 Å². The van der Waals surface area contributed by atoms with Gasteiger partial charge in [0.05, 0.1) is 5.69 Å². The highest BCUT2D eigenvalue weighted by Crippen LogP contribution is 2.27. The van der Waals surface area contributed by atoms with Crippen molar-refractivity contribution in [3.8, 4) is 33.9 Å². The Labute approximate surface area is 182 Å². The first-order valence-electron chi connectivity index (χ1n) is 9.50. The first-order valence-corrected chi connectivity index (χ1v) is 10.6. The molecule has 1 atom stereocenters. The van der Waals surface area contributed by atoms with Crippen molar-refractivity contribution >= 4 is 17.1 Å². The zero-order chi connectivity index (χ0) is 21.6. The molecule has 0 bridgehead atoms. The molecule has 3 N–H and O–H groups in total. The zero-order valence-electron chi connectivity index (χ0n) is 16.7. The maximum absolute atomic E-state index is 10.9. The van der Waals surface area contributed by atoms with Gasteiger partial charge in [0.1, 0.15) is 11.5 Å². The normalized spacial score (nSPS) is 11.8. The Bertz CT molecular complexity index is 1220.